The molecule has 0 spiro atoms. The normalized spacial score (nSPS) is 18.7. The molecule has 4 rings (SSSR count). The van der Waals surface area contributed by atoms with Gasteiger partial charge in [-0.05, 0) is 61.6 Å². The number of hydrogen-bond donors (Lipinski definition) is 0. The standard InChI is InChI=1S/C26H29ClFN3O2/c1-33-25-13-19(8-10-24(25)28)26(32)30-12-11-22(17-30)31(16-18-5-3-2-4-6-18)21-9-7-20(15-29)23(27)14-21/h7-10,13-14,18,22H,2-6,11-12,16-17H2,1H3. The van der Waals surface area contributed by atoms with Gasteiger partial charge < -0.3 is 14.5 Å². The van der Waals surface area contributed by atoms with E-state index in [2.05, 4.69) is 11.0 Å². The number of likely N-dealkylation sites (tertiary alicyclic amines) is 1. The number of amides is 1. The van der Waals surface area contributed by atoms with Crippen LogP contribution >= 0.6 is 11.6 Å². The molecule has 1 aliphatic heterocycles. The molecule has 1 atom stereocenters. The van der Waals surface area contributed by atoms with Crippen molar-refractivity contribution in [2.45, 2.75) is 44.6 Å². The summed E-state index contributed by atoms with van der Waals surface area (Å²) < 4.78 is 18.8. The van der Waals surface area contributed by atoms with Crippen molar-refractivity contribution in [2.24, 2.45) is 5.92 Å². The van der Waals surface area contributed by atoms with Gasteiger partial charge >= 0.3 is 0 Å². The predicted molar refractivity (Wildman–Crippen MR) is 127 cm³/mol. The summed E-state index contributed by atoms with van der Waals surface area (Å²) in [4.78, 5) is 17.3. The Labute approximate surface area is 199 Å². The van der Waals surface area contributed by atoms with Gasteiger partial charge in [0.15, 0.2) is 11.6 Å². The molecular formula is C26H29ClFN3O2. The van der Waals surface area contributed by atoms with Crippen LogP contribution in [-0.2, 0) is 0 Å². The third kappa shape index (κ3) is 5.25. The van der Waals surface area contributed by atoms with Gasteiger partial charge in [-0.15, -0.1) is 0 Å². The molecule has 2 aromatic carbocycles. The summed E-state index contributed by atoms with van der Waals surface area (Å²) in [7, 11) is 1.39. The van der Waals surface area contributed by atoms with Crippen LogP contribution in [0.2, 0.25) is 5.02 Å². The second-order valence-corrected chi connectivity index (χ2v) is 9.38. The molecule has 1 unspecified atom stereocenters. The lowest BCUT2D eigenvalue weighted by molar-refractivity contribution is 0.0790. The Kier molecular flexibility index (Phi) is 7.39. The van der Waals surface area contributed by atoms with Gasteiger partial charge in [0, 0.05) is 36.9 Å². The van der Waals surface area contributed by atoms with Crippen LogP contribution in [0.5, 0.6) is 5.75 Å². The van der Waals surface area contributed by atoms with E-state index in [4.69, 9.17) is 16.3 Å². The van der Waals surface area contributed by atoms with E-state index in [1.807, 2.05) is 17.0 Å². The number of methoxy groups -OCH3 is 1. The van der Waals surface area contributed by atoms with Crippen LogP contribution in [0.15, 0.2) is 36.4 Å². The molecule has 1 heterocycles. The highest BCUT2D eigenvalue weighted by atomic mass is 35.5. The van der Waals surface area contributed by atoms with E-state index in [1.165, 1.54) is 57.4 Å². The minimum atomic E-state index is -0.482. The van der Waals surface area contributed by atoms with E-state index in [0.29, 0.717) is 35.2 Å². The Morgan fingerprint density at radius 2 is 2.00 bits per heavy atom. The number of benzene rings is 2. The highest BCUT2D eigenvalue weighted by Crippen LogP contribution is 2.32. The van der Waals surface area contributed by atoms with E-state index in [1.54, 1.807) is 6.07 Å². The molecule has 1 aliphatic carbocycles. The first-order valence-electron chi connectivity index (χ1n) is 11.6. The van der Waals surface area contributed by atoms with E-state index in [-0.39, 0.29) is 17.7 Å². The Balaban J connectivity index is 1.54. The maximum atomic E-state index is 13.8. The molecule has 2 fully saturated rings. The molecule has 33 heavy (non-hydrogen) atoms. The number of rotatable bonds is 6. The molecule has 7 heteroatoms. The molecule has 2 aromatic rings. The Hall–Kier alpha value is -2.78. The average Bonchev–Trinajstić information content (AvgIpc) is 3.33. The molecule has 0 N–H and O–H groups in total. The van der Waals surface area contributed by atoms with Crippen LogP contribution in [-0.4, -0.2) is 43.6 Å². The van der Waals surface area contributed by atoms with Crippen molar-refractivity contribution in [1.82, 2.24) is 4.90 Å². The van der Waals surface area contributed by atoms with E-state index in [0.717, 1.165) is 18.7 Å². The molecule has 1 saturated carbocycles. The molecule has 0 bridgehead atoms. The first kappa shape index (κ1) is 23.4. The second kappa shape index (κ2) is 10.4. The fraction of sp³-hybridized carbons (Fsp3) is 0.462. The third-order valence-electron chi connectivity index (χ3n) is 6.87. The van der Waals surface area contributed by atoms with E-state index in [9.17, 15) is 14.4 Å². The molecule has 1 amide bonds. The van der Waals surface area contributed by atoms with Crippen LogP contribution in [0.4, 0.5) is 10.1 Å². The number of ether oxygens (including phenoxy) is 1. The number of carbonyl (C=O) groups is 1. The second-order valence-electron chi connectivity index (χ2n) is 8.98. The van der Waals surface area contributed by atoms with Crippen molar-refractivity contribution < 1.29 is 13.9 Å². The van der Waals surface area contributed by atoms with Crippen LogP contribution in [0.3, 0.4) is 0 Å². The molecule has 0 aromatic heterocycles. The van der Waals surface area contributed by atoms with Crippen LogP contribution in [0, 0.1) is 23.1 Å². The van der Waals surface area contributed by atoms with Gasteiger partial charge in [-0.2, -0.15) is 5.26 Å². The predicted octanol–water partition coefficient (Wildman–Crippen LogP) is 5.66. The van der Waals surface area contributed by atoms with Gasteiger partial charge in [0.25, 0.3) is 5.91 Å². The zero-order valence-corrected chi connectivity index (χ0v) is 19.7. The smallest absolute Gasteiger partial charge is 0.254 e. The SMILES string of the molecule is COc1cc(C(=O)N2CCC(N(CC3CCCCC3)c3ccc(C#N)c(Cl)c3)C2)ccc1F. The summed E-state index contributed by atoms with van der Waals surface area (Å²) in [5, 5.41) is 9.71. The quantitative estimate of drug-likeness (QED) is 0.547. The molecule has 174 valence electrons. The lowest BCUT2D eigenvalue weighted by Crippen LogP contribution is -2.42. The third-order valence-corrected chi connectivity index (χ3v) is 7.19. The van der Waals surface area contributed by atoms with Crippen molar-refractivity contribution in [1.29, 1.82) is 5.26 Å². The fourth-order valence-electron chi connectivity index (χ4n) is 5.04. The summed E-state index contributed by atoms with van der Waals surface area (Å²) in [6.07, 6.45) is 7.08. The van der Waals surface area contributed by atoms with Crippen molar-refractivity contribution in [3.63, 3.8) is 0 Å². The van der Waals surface area contributed by atoms with Crippen LogP contribution in [0.25, 0.3) is 0 Å². The minimum Gasteiger partial charge on any atom is -0.494 e. The maximum Gasteiger partial charge on any atom is 0.254 e. The van der Waals surface area contributed by atoms with Gasteiger partial charge in [0.1, 0.15) is 6.07 Å². The van der Waals surface area contributed by atoms with E-state index < -0.39 is 5.82 Å². The van der Waals surface area contributed by atoms with Gasteiger partial charge in [-0.3, -0.25) is 4.79 Å². The largest absolute Gasteiger partial charge is 0.494 e. The van der Waals surface area contributed by atoms with Crippen LogP contribution in [0.1, 0.15) is 54.4 Å². The number of anilines is 1. The summed E-state index contributed by atoms with van der Waals surface area (Å²) in [6.45, 7) is 2.14. The van der Waals surface area contributed by atoms with E-state index >= 15 is 0 Å². The lowest BCUT2D eigenvalue weighted by atomic mass is 9.88. The summed E-state index contributed by atoms with van der Waals surface area (Å²) in [5.74, 6) is 0.0815. The zero-order valence-electron chi connectivity index (χ0n) is 18.9. The molecular weight excluding hydrogens is 441 g/mol. The fourth-order valence-corrected chi connectivity index (χ4v) is 5.26. The van der Waals surface area contributed by atoms with Crippen molar-refractivity contribution in [2.75, 3.05) is 31.6 Å². The summed E-state index contributed by atoms with van der Waals surface area (Å²) in [5.41, 5.74) is 1.88. The highest BCUT2D eigenvalue weighted by Gasteiger charge is 2.33. The average molecular weight is 470 g/mol. The maximum absolute atomic E-state index is 13.8. The topological polar surface area (TPSA) is 56.6 Å². The van der Waals surface area contributed by atoms with Crippen molar-refractivity contribution in [3.05, 3.63) is 58.4 Å². The zero-order chi connectivity index (χ0) is 23.4. The lowest BCUT2D eigenvalue weighted by Gasteiger charge is -2.36. The van der Waals surface area contributed by atoms with Gasteiger partial charge in [-0.1, -0.05) is 30.9 Å². The van der Waals surface area contributed by atoms with Crippen molar-refractivity contribution in [3.8, 4) is 11.8 Å². The Bertz CT molecular complexity index is 1050. The van der Waals surface area contributed by atoms with Gasteiger partial charge in [0.2, 0.25) is 0 Å². The van der Waals surface area contributed by atoms with Crippen LogP contribution < -0.4 is 9.64 Å². The number of halogens is 2. The Morgan fingerprint density at radius 1 is 1.21 bits per heavy atom. The molecule has 1 saturated heterocycles. The highest BCUT2D eigenvalue weighted by molar-refractivity contribution is 6.32. The van der Waals surface area contributed by atoms with Crippen molar-refractivity contribution >= 4 is 23.2 Å². The number of hydrogen-bond acceptors (Lipinski definition) is 4. The first-order valence-corrected chi connectivity index (χ1v) is 12.0. The minimum absolute atomic E-state index is 0.0720. The molecule has 5 nitrogen and oxygen atoms in total. The number of carbonyl (C=O) groups excluding carboxylic acids is 1. The van der Waals surface area contributed by atoms with Gasteiger partial charge in [-0.25, -0.2) is 4.39 Å². The monoisotopic (exact) mass is 469 g/mol. The van der Waals surface area contributed by atoms with Gasteiger partial charge in [0.05, 0.1) is 17.7 Å². The number of nitriles is 1. The molecule has 0 radical (unpaired) electrons. The number of nitrogens with zero attached hydrogens (tertiary/aromatic N) is 3. The summed E-state index contributed by atoms with van der Waals surface area (Å²) in [6, 6.07) is 12.1. The molecule has 2 aliphatic rings. The summed E-state index contributed by atoms with van der Waals surface area (Å²) >= 11 is 6.37. The Morgan fingerprint density at radius 3 is 2.70 bits per heavy atom. The first-order chi connectivity index (χ1) is 16.0.